The van der Waals surface area contributed by atoms with Crippen molar-refractivity contribution < 1.29 is 4.79 Å². The van der Waals surface area contributed by atoms with Crippen LogP contribution in [0.4, 0.5) is 4.79 Å². The number of unbranched alkanes of at least 4 members (excludes halogenated alkanes) is 1. The van der Waals surface area contributed by atoms with E-state index in [4.69, 9.17) is 0 Å². The minimum Gasteiger partial charge on any atom is -0.322 e. The lowest BCUT2D eigenvalue weighted by molar-refractivity contribution is 0.108. The highest BCUT2D eigenvalue weighted by Crippen LogP contribution is 2.32. The second kappa shape index (κ2) is 8.13. The Morgan fingerprint density at radius 1 is 0.815 bits per heavy atom. The zero-order valence-corrected chi connectivity index (χ0v) is 16.2. The quantitative estimate of drug-likeness (QED) is 0.817. The zero-order valence-electron chi connectivity index (χ0n) is 16.2. The lowest BCUT2D eigenvalue weighted by Crippen LogP contribution is -2.52. The summed E-state index contributed by atoms with van der Waals surface area (Å²) in [6.07, 6.45) is 2.47. The van der Waals surface area contributed by atoms with E-state index in [2.05, 4.69) is 60.4 Å². The van der Waals surface area contributed by atoms with E-state index in [1.807, 2.05) is 9.80 Å². The van der Waals surface area contributed by atoms with Crippen molar-refractivity contribution in [2.75, 3.05) is 32.7 Å². The molecule has 2 amide bonds. The molecule has 0 spiro atoms. The monoisotopic (exact) mass is 363 g/mol. The molecule has 0 N–H and O–H groups in total. The van der Waals surface area contributed by atoms with E-state index in [0.717, 1.165) is 32.7 Å². The maximum Gasteiger partial charge on any atom is 0.320 e. The van der Waals surface area contributed by atoms with Crippen LogP contribution >= 0.6 is 0 Å². The lowest BCUT2D eigenvalue weighted by Gasteiger charge is -2.37. The molecule has 4 heteroatoms. The Balaban J connectivity index is 1.51. The molecule has 0 atom stereocenters. The van der Waals surface area contributed by atoms with Crippen LogP contribution in [0.15, 0.2) is 48.5 Å². The highest BCUT2D eigenvalue weighted by atomic mass is 16.2. The van der Waals surface area contributed by atoms with E-state index in [-0.39, 0.29) is 6.03 Å². The molecule has 2 aromatic rings. The summed E-state index contributed by atoms with van der Waals surface area (Å²) in [4.78, 5) is 19.8. The number of hydrogen-bond donors (Lipinski definition) is 0. The summed E-state index contributed by atoms with van der Waals surface area (Å²) in [7, 11) is 0. The van der Waals surface area contributed by atoms with Crippen molar-refractivity contribution in [3.8, 4) is 11.1 Å². The van der Waals surface area contributed by atoms with Gasteiger partial charge in [-0.15, -0.1) is 0 Å². The van der Waals surface area contributed by atoms with Crippen LogP contribution in [-0.2, 0) is 13.1 Å². The van der Waals surface area contributed by atoms with Crippen molar-refractivity contribution in [1.29, 1.82) is 0 Å². The van der Waals surface area contributed by atoms with Gasteiger partial charge >= 0.3 is 6.03 Å². The van der Waals surface area contributed by atoms with Crippen LogP contribution in [0.5, 0.6) is 0 Å². The topological polar surface area (TPSA) is 26.8 Å². The summed E-state index contributed by atoms with van der Waals surface area (Å²) in [5.41, 5.74) is 4.98. The molecule has 2 heterocycles. The first-order chi connectivity index (χ1) is 13.3. The fourth-order valence-corrected chi connectivity index (χ4v) is 4.19. The number of hydrogen-bond acceptors (Lipinski definition) is 2. The van der Waals surface area contributed by atoms with Gasteiger partial charge in [-0.25, -0.2) is 4.79 Å². The predicted molar refractivity (Wildman–Crippen MR) is 109 cm³/mol. The Labute approximate surface area is 162 Å². The number of carbonyl (C=O) groups is 1. The van der Waals surface area contributed by atoms with Crippen LogP contribution in [0.2, 0.25) is 0 Å². The largest absolute Gasteiger partial charge is 0.322 e. The Morgan fingerprint density at radius 3 is 1.93 bits per heavy atom. The third kappa shape index (κ3) is 3.86. The third-order valence-electron chi connectivity index (χ3n) is 5.79. The molecule has 1 saturated heterocycles. The molecule has 0 unspecified atom stereocenters. The van der Waals surface area contributed by atoms with Gasteiger partial charge < -0.3 is 9.80 Å². The van der Waals surface area contributed by atoms with Gasteiger partial charge in [-0.3, -0.25) is 4.90 Å². The number of urea groups is 1. The Kier molecular flexibility index (Phi) is 5.44. The van der Waals surface area contributed by atoms with E-state index in [9.17, 15) is 4.79 Å². The van der Waals surface area contributed by atoms with E-state index in [1.54, 1.807) is 0 Å². The summed E-state index contributed by atoms with van der Waals surface area (Å²) in [5, 5.41) is 0. The second-order valence-corrected chi connectivity index (χ2v) is 7.64. The number of rotatable bonds is 3. The molecule has 0 aliphatic carbocycles. The number of carbonyl (C=O) groups excluding carboxylic acids is 1. The van der Waals surface area contributed by atoms with Gasteiger partial charge in [0.05, 0.1) is 0 Å². The Morgan fingerprint density at radius 2 is 1.37 bits per heavy atom. The van der Waals surface area contributed by atoms with E-state index in [0.29, 0.717) is 13.1 Å². The van der Waals surface area contributed by atoms with Crippen LogP contribution in [0.1, 0.15) is 30.9 Å². The number of amides is 2. The molecule has 142 valence electrons. The Hall–Kier alpha value is -2.33. The second-order valence-electron chi connectivity index (χ2n) is 7.64. The molecule has 2 aliphatic rings. The van der Waals surface area contributed by atoms with E-state index < -0.39 is 0 Å². The summed E-state index contributed by atoms with van der Waals surface area (Å²) in [5.74, 6) is 0. The van der Waals surface area contributed by atoms with Crippen LogP contribution in [-0.4, -0.2) is 53.5 Å². The van der Waals surface area contributed by atoms with Crippen LogP contribution in [0.25, 0.3) is 11.1 Å². The van der Waals surface area contributed by atoms with Crippen molar-refractivity contribution in [3.63, 3.8) is 0 Å². The van der Waals surface area contributed by atoms with Crippen molar-refractivity contribution >= 4 is 6.03 Å². The first-order valence-corrected chi connectivity index (χ1v) is 10.2. The molecule has 2 aromatic carbocycles. The van der Waals surface area contributed by atoms with E-state index in [1.165, 1.54) is 35.1 Å². The minimum absolute atomic E-state index is 0.177. The van der Waals surface area contributed by atoms with Gasteiger partial charge in [0, 0.05) is 39.3 Å². The summed E-state index contributed by atoms with van der Waals surface area (Å²) < 4.78 is 0. The van der Waals surface area contributed by atoms with Gasteiger partial charge in [0.1, 0.15) is 0 Å². The van der Waals surface area contributed by atoms with Crippen LogP contribution in [0.3, 0.4) is 0 Å². The molecule has 2 aliphatic heterocycles. The standard InChI is InChI=1S/C23H29N3O/c1-2-3-12-24-13-15-25(16-14-24)23(27)26-17-19-8-4-6-10-21(19)22-11-7-5-9-20(22)18-26/h4-11H,2-3,12-18H2,1H3. The van der Waals surface area contributed by atoms with Gasteiger partial charge in [-0.2, -0.15) is 0 Å². The normalized spacial score (nSPS) is 17.2. The van der Waals surface area contributed by atoms with Crippen molar-refractivity contribution in [3.05, 3.63) is 59.7 Å². The molecule has 27 heavy (non-hydrogen) atoms. The molecule has 0 bridgehead atoms. The number of fused-ring (bicyclic) bond motifs is 3. The zero-order chi connectivity index (χ0) is 18.6. The fourth-order valence-electron chi connectivity index (χ4n) is 4.19. The minimum atomic E-state index is 0.177. The fraction of sp³-hybridized carbons (Fsp3) is 0.435. The SMILES string of the molecule is CCCCN1CCN(C(=O)N2Cc3ccccc3-c3ccccc3C2)CC1. The van der Waals surface area contributed by atoms with Gasteiger partial charge in [-0.1, -0.05) is 61.9 Å². The van der Waals surface area contributed by atoms with Gasteiger partial charge in [0.15, 0.2) is 0 Å². The molecular formula is C23H29N3O. The molecule has 0 aromatic heterocycles. The number of nitrogens with zero attached hydrogens (tertiary/aromatic N) is 3. The molecule has 1 fully saturated rings. The smallest absolute Gasteiger partial charge is 0.320 e. The average Bonchev–Trinajstić information content (AvgIpc) is 2.89. The lowest BCUT2D eigenvalue weighted by atomic mass is 9.97. The maximum absolute atomic E-state index is 13.3. The van der Waals surface area contributed by atoms with Crippen molar-refractivity contribution in [2.45, 2.75) is 32.9 Å². The van der Waals surface area contributed by atoms with E-state index >= 15 is 0 Å². The summed E-state index contributed by atoms with van der Waals surface area (Å²) >= 11 is 0. The summed E-state index contributed by atoms with van der Waals surface area (Å²) in [6.45, 7) is 8.40. The van der Waals surface area contributed by atoms with Crippen LogP contribution < -0.4 is 0 Å². The molecular weight excluding hydrogens is 334 g/mol. The van der Waals surface area contributed by atoms with Crippen LogP contribution in [0, 0.1) is 0 Å². The molecule has 4 nitrogen and oxygen atoms in total. The molecule has 0 saturated carbocycles. The highest BCUT2D eigenvalue weighted by molar-refractivity contribution is 5.78. The predicted octanol–water partition coefficient (Wildman–Crippen LogP) is 4.21. The van der Waals surface area contributed by atoms with Crippen molar-refractivity contribution in [2.24, 2.45) is 0 Å². The molecule has 4 rings (SSSR count). The highest BCUT2D eigenvalue weighted by Gasteiger charge is 2.28. The summed E-state index contributed by atoms with van der Waals surface area (Å²) in [6, 6.07) is 17.1. The first-order valence-electron chi connectivity index (χ1n) is 10.2. The maximum atomic E-state index is 13.3. The first kappa shape index (κ1) is 18.1. The van der Waals surface area contributed by atoms with Crippen molar-refractivity contribution in [1.82, 2.24) is 14.7 Å². The molecule has 0 radical (unpaired) electrons. The number of piperazine rings is 1. The third-order valence-corrected chi connectivity index (χ3v) is 5.79. The van der Waals surface area contributed by atoms with Gasteiger partial charge in [0.25, 0.3) is 0 Å². The number of benzene rings is 2. The van der Waals surface area contributed by atoms with Gasteiger partial charge in [0.2, 0.25) is 0 Å². The average molecular weight is 364 g/mol. The Bertz CT molecular complexity index is 748. The van der Waals surface area contributed by atoms with Gasteiger partial charge in [-0.05, 0) is 35.2 Å².